The van der Waals surface area contributed by atoms with E-state index in [-0.39, 0.29) is 17.3 Å². The van der Waals surface area contributed by atoms with E-state index in [9.17, 15) is 13.2 Å². The number of amides is 1. The van der Waals surface area contributed by atoms with E-state index in [2.05, 4.69) is 10.3 Å². The van der Waals surface area contributed by atoms with Gasteiger partial charge in [-0.25, -0.2) is 13.6 Å². The van der Waals surface area contributed by atoms with Crippen molar-refractivity contribution in [2.45, 2.75) is 11.4 Å². The number of benzene rings is 1. The quantitative estimate of drug-likeness (QED) is 0.791. The molecule has 20 heavy (non-hydrogen) atoms. The fourth-order valence-electron chi connectivity index (χ4n) is 1.57. The van der Waals surface area contributed by atoms with Gasteiger partial charge in [-0.15, -0.1) is 0 Å². The number of carbonyl (C=O) groups excluding carboxylic acids is 1. The number of sulfonamides is 1. The van der Waals surface area contributed by atoms with Crippen LogP contribution in [-0.2, 0) is 16.6 Å². The minimum atomic E-state index is -3.70. The maximum absolute atomic E-state index is 11.7. The summed E-state index contributed by atoms with van der Waals surface area (Å²) in [5.74, 6) is -0.299. The molecule has 1 heterocycles. The van der Waals surface area contributed by atoms with E-state index in [1.54, 1.807) is 12.1 Å². The molecule has 0 radical (unpaired) electrons. The van der Waals surface area contributed by atoms with Gasteiger partial charge in [-0.3, -0.25) is 4.79 Å². The van der Waals surface area contributed by atoms with E-state index in [0.717, 1.165) is 5.56 Å². The van der Waals surface area contributed by atoms with Crippen molar-refractivity contribution in [3.63, 3.8) is 0 Å². The second-order valence-corrected chi connectivity index (χ2v) is 6.10. The average molecular weight is 314 g/mol. The first-order chi connectivity index (χ1) is 9.36. The van der Waals surface area contributed by atoms with Crippen LogP contribution in [-0.4, -0.2) is 19.3 Å². The average Bonchev–Trinajstić information content (AvgIpc) is 2.82. The molecule has 2 rings (SSSR count). The van der Waals surface area contributed by atoms with Crippen molar-refractivity contribution in [2.24, 2.45) is 5.14 Å². The predicted octanol–water partition coefficient (Wildman–Crippen LogP) is 1.25. The minimum absolute atomic E-state index is 0.0312. The number of nitrogens with one attached hydrogen (secondary N) is 2. The number of H-pyrrole nitrogens is 1. The van der Waals surface area contributed by atoms with Crippen LogP contribution in [0.1, 0.15) is 16.1 Å². The third kappa shape index (κ3) is 3.60. The molecule has 2 aromatic rings. The van der Waals surface area contributed by atoms with Crippen LogP contribution in [0.5, 0.6) is 0 Å². The summed E-state index contributed by atoms with van der Waals surface area (Å²) < 4.78 is 22.2. The molecule has 6 nitrogen and oxygen atoms in total. The Hall–Kier alpha value is -1.83. The van der Waals surface area contributed by atoms with E-state index in [1.165, 1.54) is 24.4 Å². The zero-order valence-electron chi connectivity index (χ0n) is 10.3. The van der Waals surface area contributed by atoms with Gasteiger partial charge in [0.2, 0.25) is 10.0 Å². The van der Waals surface area contributed by atoms with Crippen molar-refractivity contribution < 1.29 is 13.2 Å². The van der Waals surface area contributed by atoms with Crippen molar-refractivity contribution in [3.05, 3.63) is 52.8 Å². The van der Waals surface area contributed by atoms with Crippen molar-refractivity contribution in [1.82, 2.24) is 10.3 Å². The number of halogens is 1. The fourth-order valence-corrected chi connectivity index (χ4v) is 2.25. The highest BCUT2D eigenvalue weighted by molar-refractivity contribution is 7.89. The van der Waals surface area contributed by atoms with Gasteiger partial charge >= 0.3 is 0 Å². The summed E-state index contributed by atoms with van der Waals surface area (Å²) in [6.45, 7) is 0.264. The molecular weight excluding hydrogens is 302 g/mol. The molecule has 8 heteroatoms. The second-order valence-electron chi connectivity index (χ2n) is 4.10. The SMILES string of the molecule is NS(=O)(=O)c1ccc(CNC(=O)c2cc(Cl)c[nH]2)cc1. The van der Waals surface area contributed by atoms with Gasteiger partial charge < -0.3 is 10.3 Å². The monoisotopic (exact) mass is 313 g/mol. The molecule has 0 aliphatic carbocycles. The number of hydrogen-bond acceptors (Lipinski definition) is 3. The fraction of sp³-hybridized carbons (Fsp3) is 0.0833. The Morgan fingerprint density at radius 1 is 1.30 bits per heavy atom. The first-order valence-corrected chi connectivity index (χ1v) is 7.52. The number of nitrogens with two attached hydrogens (primary N) is 1. The Kier molecular flexibility index (Phi) is 4.12. The summed E-state index contributed by atoms with van der Waals surface area (Å²) in [6.07, 6.45) is 1.51. The zero-order valence-corrected chi connectivity index (χ0v) is 11.8. The van der Waals surface area contributed by atoms with Crippen molar-refractivity contribution in [1.29, 1.82) is 0 Å². The lowest BCUT2D eigenvalue weighted by Gasteiger charge is -2.05. The van der Waals surface area contributed by atoms with Crippen LogP contribution in [0.2, 0.25) is 5.02 Å². The van der Waals surface area contributed by atoms with Crippen LogP contribution in [0, 0.1) is 0 Å². The molecule has 0 fully saturated rings. The lowest BCUT2D eigenvalue weighted by atomic mass is 10.2. The standard InChI is InChI=1S/C12H12ClN3O3S/c13-9-5-11(15-7-9)12(17)16-6-8-1-3-10(4-2-8)20(14,18)19/h1-5,7,15H,6H2,(H,16,17)(H2,14,18,19). The highest BCUT2D eigenvalue weighted by atomic mass is 35.5. The maximum atomic E-state index is 11.7. The van der Waals surface area contributed by atoms with E-state index in [0.29, 0.717) is 10.7 Å². The molecule has 0 saturated carbocycles. The first-order valence-electron chi connectivity index (χ1n) is 5.60. The number of aromatic nitrogens is 1. The Balaban J connectivity index is 1.99. The molecule has 1 aromatic heterocycles. The first kappa shape index (κ1) is 14.6. The van der Waals surface area contributed by atoms with Crippen molar-refractivity contribution in [2.75, 3.05) is 0 Å². The molecule has 0 bridgehead atoms. The third-order valence-corrected chi connectivity index (χ3v) is 3.74. The highest BCUT2D eigenvalue weighted by Gasteiger charge is 2.09. The molecule has 0 unspecified atom stereocenters. The highest BCUT2D eigenvalue weighted by Crippen LogP contribution is 2.10. The molecular formula is C12H12ClN3O3S. The van der Waals surface area contributed by atoms with Crippen LogP contribution >= 0.6 is 11.6 Å². The van der Waals surface area contributed by atoms with E-state index < -0.39 is 10.0 Å². The summed E-state index contributed by atoms with van der Waals surface area (Å²) in [4.78, 5) is 14.5. The molecule has 4 N–H and O–H groups in total. The predicted molar refractivity (Wildman–Crippen MR) is 74.8 cm³/mol. The molecule has 0 spiro atoms. The molecule has 0 aliphatic heterocycles. The number of primary sulfonamides is 1. The summed E-state index contributed by atoms with van der Waals surface area (Å²) in [7, 11) is -3.70. The van der Waals surface area contributed by atoms with Gasteiger partial charge in [0.15, 0.2) is 0 Å². The lowest BCUT2D eigenvalue weighted by Crippen LogP contribution is -2.23. The largest absolute Gasteiger partial charge is 0.356 e. The Morgan fingerprint density at radius 3 is 2.45 bits per heavy atom. The van der Waals surface area contributed by atoms with Crippen LogP contribution in [0.15, 0.2) is 41.4 Å². The third-order valence-electron chi connectivity index (χ3n) is 2.60. The van der Waals surface area contributed by atoms with E-state index in [4.69, 9.17) is 16.7 Å². The molecule has 0 saturated heterocycles. The number of hydrogen-bond donors (Lipinski definition) is 3. The normalized spacial score (nSPS) is 11.3. The lowest BCUT2D eigenvalue weighted by molar-refractivity contribution is 0.0946. The molecule has 0 atom stereocenters. The number of rotatable bonds is 4. The summed E-state index contributed by atoms with van der Waals surface area (Å²) in [5, 5.41) is 8.12. The van der Waals surface area contributed by atoms with E-state index in [1.807, 2.05) is 0 Å². The van der Waals surface area contributed by atoms with Gasteiger partial charge in [0.1, 0.15) is 5.69 Å². The molecule has 1 aromatic carbocycles. The topological polar surface area (TPSA) is 105 Å². The summed E-state index contributed by atoms with van der Waals surface area (Å²) in [5.41, 5.74) is 1.11. The summed E-state index contributed by atoms with van der Waals surface area (Å²) >= 11 is 5.70. The van der Waals surface area contributed by atoms with Gasteiger partial charge in [-0.1, -0.05) is 23.7 Å². The number of carbonyl (C=O) groups is 1. The summed E-state index contributed by atoms with van der Waals surface area (Å²) in [6, 6.07) is 7.47. The molecule has 106 valence electrons. The van der Waals surface area contributed by atoms with Crippen LogP contribution in [0.4, 0.5) is 0 Å². The van der Waals surface area contributed by atoms with Crippen LogP contribution in [0.25, 0.3) is 0 Å². The Bertz CT molecular complexity index is 723. The van der Waals surface area contributed by atoms with Gasteiger partial charge in [-0.2, -0.15) is 0 Å². The Morgan fingerprint density at radius 2 is 1.95 bits per heavy atom. The van der Waals surface area contributed by atoms with Gasteiger partial charge in [-0.05, 0) is 23.8 Å². The van der Waals surface area contributed by atoms with Crippen molar-refractivity contribution in [3.8, 4) is 0 Å². The minimum Gasteiger partial charge on any atom is -0.356 e. The number of aromatic amines is 1. The van der Waals surface area contributed by atoms with Gasteiger partial charge in [0.25, 0.3) is 5.91 Å². The molecule has 0 aliphatic rings. The van der Waals surface area contributed by atoms with Crippen molar-refractivity contribution >= 4 is 27.5 Å². The van der Waals surface area contributed by atoms with Crippen LogP contribution in [0.3, 0.4) is 0 Å². The van der Waals surface area contributed by atoms with Gasteiger partial charge in [0.05, 0.1) is 9.92 Å². The Labute approximate surface area is 121 Å². The maximum Gasteiger partial charge on any atom is 0.268 e. The van der Waals surface area contributed by atoms with Gasteiger partial charge in [0, 0.05) is 12.7 Å². The second kappa shape index (κ2) is 5.66. The van der Waals surface area contributed by atoms with E-state index >= 15 is 0 Å². The molecule has 1 amide bonds. The smallest absolute Gasteiger partial charge is 0.268 e. The van der Waals surface area contributed by atoms with Crippen LogP contribution < -0.4 is 10.5 Å². The zero-order chi connectivity index (χ0) is 14.8.